The standard InChI is InChI=1S/C15H12F2O3/c1-20-15(19)7-10-6-14(17)12(8-13(10)16)9-3-2-4-11(18)5-9/h2-6,8,18H,7H2,1H3. The number of rotatable bonds is 3. The summed E-state index contributed by atoms with van der Waals surface area (Å²) in [6.45, 7) is 0. The lowest BCUT2D eigenvalue weighted by Crippen LogP contribution is -2.07. The molecule has 0 bridgehead atoms. The number of benzene rings is 2. The van der Waals surface area contributed by atoms with E-state index in [1.54, 1.807) is 6.07 Å². The van der Waals surface area contributed by atoms with Gasteiger partial charge < -0.3 is 9.84 Å². The van der Waals surface area contributed by atoms with Crippen LogP contribution in [0.25, 0.3) is 11.1 Å². The smallest absolute Gasteiger partial charge is 0.310 e. The van der Waals surface area contributed by atoms with E-state index in [2.05, 4.69) is 4.74 Å². The van der Waals surface area contributed by atoms with Crippen molar-refractivity contribution in [2.45, 2.75) is 6.42 Å². The molecule has 0 aliphatic carbocycles. The maximum absolute atomic E-state index is 14.0. The Kier molecular flexibility index (Phi) is 3.98. The first-order valence-corrected chi connectivity index (χ1v) is 5.85. The molecule has 0 aliphatic rings. The molecular formula is C15H12F2O3. The van der Waals surface area contributed by atoms with Gasteiger partial charge in [-0.15, -0.1) is 0 Å². The number of ether oxygens (including phenoxy) is 1. The van der Waals surface area contributed by atoms with E-state index in [1.165, 1.54) is 25.3 Å². The predicted molar refractivity (Wildman–Crippen MR) is 69.2 cm³/mol. The fourth-order valence-corrected chi connectivity index (χ4v) is 1.85. The molecule has 0 fully saturated rings. The molecule has 0 unspecified atom stereocenters. The zero-order valence-electron chi connectivity index (χ0n) is 10.7. The summed E-state index contributed by atoms with van der Waals surface area (Å²) in [4.78, 5) is 11.1. The Hall–Kier alpha value is -2.43. The second kappa shape index (κ2) is 5.69. The average molecular weight is 278 g/mol. The minimum atomic E-state index is -0.699. The second-order valence-corrected chi connectivity index (χ2v) is 4.23. The van der Waals surface area contributed by atoms with Crippen LogP contribution in [0, 0.1) is 11.6 Å². The summed E-state index contributed by atoms with van der Waals surface area (Å²) in [5.41, 5.74) is 0.302. The van der Waals surface area contributed by atoms with Crippen molar-refractivity contribution < 1.29 is 23.4 Å². The van der Waals surface area contributed by atoms with Crippen LogP contribution in [0.2, 0.25) is 0 Å². The molecule has 0 saturated heterocycles. The molecule has 0 spiro atoms. The Morgan fingerprint density at radius 1 is 1.20 bits per heavy atom. The maximum Gasteiger partial charge on any atom is 0.310 e. The molecule has 1 N–H and O–H groups in total. The number of hydrogen-bond donors (Lipinski definition) is 1. The van der Waals surface area contributed by atoms with Gasteiger partial charge in [-0.1, -0.05) is 12.1 Å². The van der Waals surface area contributed by atoms with Crippen LogP contribution >= 0.6 is 0 Å². The van der Waals surface area contributed by atoms with Gasteiger partial charge in [0.1, 0.15) is 17.4 Å². The van der Waals surface area contributed by atoms with Crippen LogP contribution in [0.1, 0.15) is 5.56 Å². The molecule has 2 aromatic rings. The van der Waals surface area contributed by atoms with Gasteiger partial charge >= 0.3 is 5.97 Å². The lowest BCUT2D eigenvalue weighted by Gasteiger charge is -2.08. The molecule has 5 heteroatoms. The number of phenols is 1. The lowest BCUT2D eigenvalue weighted by molar-refractivity contribution is -0.139. The Morgan fingerprint density at radius 2 is 1.95 bits per heavy atom. The van der Waals surface area contributed by atoms with Crippen molar-refractivity contribution in [1.29, 1.82) is 0 Å². The molecule has 0 heterocycles. The van der Waals surface area contributed by atoms with Crippen LogP contribution in [-0.2, 0) is 16.0 Å². The lowest BCUT2D eigenvalue weighted by atomic mass is 10.0. The van der Waals surface area contributed by atoms with Crippen molar-refractivity contribution in [3.63, 3.8) is 0 Å². The highest BCUT2D eigenvalue weighted by molar-refractivity contribution is 5.73. The van der Waals surface area contributed by atoms with Crippen LogP contribution in [0.3, 0.4) is 0 Å². The van der Waals surface area contributed by atoms with Crippen molar-refractivity contribution in [3.8, 4) is 16.9 Å². The van der Waals surface area contributed by atoms with E-state index in [9.17, 15) is 18.7 Å². The van der Waals surface area contributed by atoms with E-state index < -0.39 is 17.6 Å². The maximum atomic E-state index is 14.0. The summed E-state index contributed by atoms with van der Waals surface area (Å²) in [6, 6.07) is 7.82. The van der Waals surface area contributed by atoms with Gasteiger partial charge in [-0.3, -0.25) is 4.79 Å². The predicted octanol–water partition coefficient (Wildman–Crippen LogP) is 3.05. The Morgan fingerprint density at radius 3 is 2.60 bits per heavy atom. The molecule has 3 nitrogen and oxygen atoms in total. The number of halogens is 2. The van der Waals surface area contributed by atoms with E-state index in [1.807, 2.05) is 0 Å². The van der Waals surface area contributed by atoms with Gasteiger partial charge in [0.15, 0.2) is 0 Å². The number of phenolic OH excluding ortho intramolecular Hbond substituents is 1. The number of carbonyl (C=O) groups is 1. The first kappa shape index (κ1) is 14.0. The highest BCUT2D eigenvalue weighted by Crippen LogP contribution is 2.28. The van der Waals surface area contributed by atoms with Gasteiger partial charge in [-0.05, 0) is 29.8 Å². The minimum Gasteiger partial charge on any atom is -0.508 e. The van der Waals surface area contributed by atoms with E-state index >= 15 is 0 Å². The van der Waals surface area contributed by atoms with Crippen molar-refractivity contribution in [1.82, 2.24) is 0 Å². The molecule has 0 radical (unpaired) electrons. The summed E-state index contributed by atoms with van der Waals surface area (Å²) in [6.07, 6.45) is -0.334. The van der Waals surface area contributed by atoms with E-state index in [0.29, 0.717) is 5.56 Å². The molecule has 0 aliphatic heterocycles. The van der Waals surface area contributed by atoms with Gasteiger partial charge in [0, 0.05) is 11.1 Å². The summed E-state index contributed by atoms with van der Waals surface area (Å²) < 4.78 is 32.3. The molecule has 0 saturated carbocycles. The van der Waals surface area contributed by atoms with Crippen LogP contribution in [-0.4, -0.2) is 18.2 Å². The molecule has 104 valence electrons. The zero-order chi connectivity index (χ0) is 14.7. The summed E-state index contributed by atoms with van der Waals surface area (Å²) in [5.74, 6) is -2.06. The highest BCUT2D eigenvalue weighted by atomic mass is 19.1. The monoisotopic (exact) mass is 278 g/mol. The van der Waals surface area contributed by atoms with E-state index in [0.717, 1.165) is 12.1 Å². The van der Waals surface area contributed by atoms with Crippen LogP contribution < -0.4 is 0 Å². The van der Waals surface area contributed by atoms with Crippen molar-refractivity contribution >= 4 is 5.97 Å². The summed E-state index contributed by atoms with van der Waals surface area (Å²) >= 11 is 0. The van der Waals surface area contributed by atoms with E-state index in [-0.39, 0.29) is 23.3 Å². The summed E-state index contributed by atoms with van der Waals surface area (Å²) in [7, 11) is 1.18. The van der Waals surface area contributed by atoms with Gasteiger partial charge in [0.2, 0.25) is 0 Å². The van der Waals surface area contributed by atoms with Gasteiger partial charge in [0.25, 0.3) is 0 Å². The largest absolute Gasteiger partial charge is 0.508 e. The van der Waals surface area contributed by atoms with Crippen molar-refractivity contribution in [2.75, 3.05) is 7.11 Å². The fourth-order valence-electron chi connectivity index (χ4n) is 1.85. The first-order chi connectivity index (χ1) is 9.51. The van der Waals surface area contributed by atoms with Crippen LogP contribution in [0.15, 0.2) is 36.4 Å². The molecule has 0 amide bonds. The Balaban J connectivity index is 2.42. The normalized spacial score (nSPS) is 10.3. The quantitative estimate of drug-likeness (QED) is 0.878. The highest BCUT2D eigenvalue weighted by Gasteiger charge is 2.14. The molecule has 0 aromatic heterocycles. The number of aromatic hydroxyl groups is 1. The van der Waals surface area contributed by atoms with Crippen LogP contribution in [0.4, 0.5) is 8.78 Å². The van der Waals surface area contributed by atoms with Gasteiger partial charge in [0.05, 0.1) is 13.5 Å². The SMILES string of the molecule is COC(=O)Cc1cc(F)c(-c2cccc(O)c2)cc1F. The number of carbonyl (C=O) groups excluding carboxylic acids is 1. The minimum absolute atomic E-state index is 0.0204. The topological polar surface area (TPSA) is 46.5 Å². The first-order valence-electron chi connectivity index (χ1n) is 5.85. The molecular weight excluding hydrogens is 266 g/mol. The zero-order valence-corrected chi connectivity index (χ0v) is 10.7. The Labute approximate surface area is 114 Å². The molecule has 2 aromatic carbocycles. The Bertz CT molecular complexity index is 654. The average Bonchev–Trinajstić information content (AvgIpc) is 2.42. The number of methoxy groups -OCH3 is 1. The van der Waals surface area contributed by atoms with Gasteiger partial charge in [-0.2, -0.15) is 0 Å². The van der Waals surface area contributed by atoms with Crippen molar-refractivity contribution in [2.24, 2.45) is 0 Å². The van der Waals surface area contributed by atoms with Gasteiger partial charge in [-0.25, -0.2) is 8.78 Å². The molecule has 0 atom stereocenters. The fraction of sp³-hybridized carbons (Fsp3) is 0.133. The third-order valence-corrected chi connectivity index (χ3v) is 2.86. The third kappa shape index (κ3) is 2.93. The molecule has 2 rings (SSSR count). The third-order valence-electron chi connectivity index (χ3n) is 2.86. The van der Waals surface area contributed by atoms with Crippen molar-refractivity contribution in [3.05, 3.63) is 53.6 Å². The van der Waals surface area contributed by atoms with E-state index in [4.69, 9.17) is 0 Å². The second-order valence-electron chi connectivity index (χ2n) is 4.23. The number of hydrogen-bond acceptors (Lipinski definition) is 3. The number of esters is 1. The van der Waals surface area contributed by atoms with Crippen LogP contribution in [0.5, 0.6) is 5.75 Å². The molecule has 20 heavy (non-hydrogen) atoms. The summed E-state index contributed by atoms with van der Waals surface area (Å²) in [5, 5.41) is 9.36.